The predicted molar refractivity (Wildman–Crippen MR) is 120 cm³/mol. The lowest BCUT2D eigenvalue weighted by molar-refractivity contribution is -0.119. The van der Waals surface area contributed by atoms with Crippen LogP contribution < -0.4 is 10.9 Å². The fourth-order valence-corrected chi connectivity index (χ4v) is 3.94. The molecule has 1 amide bonds. The summed E-state index contributed by atoms with van der Waals surface area (Å²) in [5, 5.41) is 3.96. The van der Waals surface area contributed by atoms with Crippen LogP contribution in [0.25, 0.3) is 16.6 Å². The molecule has 0 aliphatic heterocycles. The molecule has 0 bridgehead atoms. The van der Waals surface area contributed by atoms with Crippen LogP contribution in [0, 0.1) is 0 Å². The van der Waals surface area contributed by atoms with Crippen LogP contribution in [0.5, 0.6) is 0 Å². The maximum Gasteiger partial charge on any atom is 0.266 e. The van der Waals surface area contributed by atoms with Gasteiger partial charge in [-0.05, 0) is 56.0 Å². The van der Waals surface area contributed by atoms with Gasteiger partial charge in [0.2, 0.25) is 5.91 Å². The number of nitrogens with zero attached hydrogens (tertiary/aromatic N) is 2. The number of amides is 1. The van der Waals surface area contributed by atoms with Crippen LogP contribution in [0.3, 0.4) is 0 Å². The molecule has 152 valence electrons. The van der Waals surface area contributed by atoms with Crippen molar-refractivity contribution in [1.82, 2.24) is 14.9 Å². The number of nitrogens with one attached hydrogen (secondary N) is 1. The Labute approximate surface area is 175 Å². The van der Waals surface area contributed by atoms with Gasteiger partial charge in [0.1, 0.15) is 0 Å². The maximum absolute atomic E-state index is 13.3. The van der Waals surface area contributed by atoms with Crippen LogP contribution >= 0.6 is 11.8 Å². The van der Waals surface area contributed by atoms with Crippen LogP contribution in [0.2, 0.25) is 0 Å². The normalized spacial score (nSPS) is 12.3. The summed E-state index contributed by atoms with van der Waals surface area (Å²) in [6.45, 7) is 8.19. The van der Waals surface area contributed by atoms with Gasteiger partial charge in [0.15, 0.2) is 5.16 Å². The molecule has 0 radical (unpaired) electrons. The molecule has 5 nitrogen and oxygen atoms in total. The minimum atomic E-state index is -0.126. The van der Waals surface area contributed by atoms with E-state index in [0.717, 1.165) is 12.1 Å². The number of para-hydroxylation sites is 1. The molecule has 0 aliphatic rings. The van der Waals surface area contributed by atoms with Gasteiger partial charge in [-0.15, -0.1) is 0 Å². The van der Waals surface area contributed by atoms with Crippen molar-refractivity contribution in [3.8, 4) is 5.69 Å². The van der Waals surface area contributed by atoms with E-state index in [4.69, 9.17) is 0 Å². The second-order valence-electron chi connectivity index (χ2n) is 7.46. The number of carbonyl (C=O) groups excluding carboxylic acids is 1. The van der Waals surface area contributed by atoms with Crippen LogP contribution in [0.1, 0.15) is 45.6 Å². The van der Waals surface area contributed by atoms with Gasteiger partial charge in [-0.2, -0.15) is 0 Å². The SMILES string of the molecule is CCC(C)c1ccc(-n2c(SCC(=O)NC(C)C)nc3ccccc3c2=O)cc1. The minimum absolute atomic E-state index is 0.0722. The van der Waals surface area contributed by atoms with Gasteiger partial charge in [0.25, 0.3) is 5.56 Å². The summed E-state index contributed by atoms with van der Waals surface area (Å²) in [4.78, 5) is 30.1. The molecule has 3 aromatic rings. The highest BCUT2D eigenvalue weighted by Crippen LogP contribution is 2.24. The summed E-state index contributed by atoms with van der Waals surface area (Å²) in [5.41, 5.74) is 2.51. The van der Waals surface area contributed by atoms with Crippen molar-refractivity contribution in [2.75, 3.05) is 5.75 Å². The lowest BCUT2D eigenvalue weighted by atomic mass is 9.98. The summed E-state index contributed by atoms with van der Waals surface area (Å²) < 4.78 is 1.61. The fraction of sp³-hybridized carbons (Fsp3) is 0.348. The van der Waals surface area contributed by atoms with Gasteiger partial charge in [-0.3, -0.25) is 14.2 Å². The Morgan fingerprint density at radius 1 is 1.10 bits per heavy atom. The highest BCUT2D eigenvalue weighted by atomic mass is 32.2. The molecule has 2 aromatic carbocycles. The summed E-state index contributed by atoms with van der Waals surface area (Å²) in [5.74, 6) is 0.587. The highest BCUT2D eigenvalue weighted by Gasteiger charge is 2.15. The number of hydrogen-bond donors (Lipinski definition) is 1. The van der Waals surface area contributed by atoms with E-state index in [2.05, 4.69) is 36.3 Å². The number of fused-ring (bicyclic) bond motifs is 1. The van der Waals surface area contributed by atoms with Crippen LogP contribution in [-0.4, -0.2) is 27.3 Å². The first-order valence-corrected chi connectivity index (χ1v) is 10.9. The Bertz CT molecular complexity index is 1060. The summed E-state index contributed by atoms with van der Waals surface area (Å²) in [6, 6.07) is 15.4. The second kappa shape index (κ2) is 9.27. The lowest BCUT2D eigenvalue weighted by Gasteiger charge is -2.15. The number of aromatic nitrogens is 2. The Morgan fingerprint density at radius 3 is 2.45 bits per heavy atom. The van der Waals surface area contributed by atoms with Crippen LogP contribution in [0.4, 0.5) is 0 Å². The molecule has 1 N–H and O–H groups in total. The molecule has 6 heteroatoms. The molecular weight excluding hydrogens is 382 g/mol. The van der Waals surface area contributed by atoms with Crippen LogP contribution in [0.15, 0.2) is 58.5 Å². The zero-order valence-electron chi connectivity index (χ0n) is 17.3. The standard InChI is InChI=1S/C23H27N3O2S/c1-5-16(4)17-10-12-18(13-11-17)26-22(28)19-8-6-7-9-20(19)25-23(26)29-14-21(27)24-15(2)3/h6-13,15-16H,5,14H2,1-4H3,(H,24,27). The third-order valence-corrected chi connectivity index (χ3v) is 5.80. The second-order valence-corrected chi connectivity index (χ2v) is 8.41. The first-order valence-electron chi connectivity index (χ1n) is 9.95. The van der Waals surface area contributed by atoms with E-state index >= 15 is 0 Å². The monoisotopic (exact) mass is 409 g/mol. The van der Waals surface area contributed by atoms with Gasteiger partial charge >= 0.3 is 0 Å². The fourth-order valence-electron chi connectivity index (χ4n) is 3.12. The molecule has 29 heavy (non-hydrogen) atoms. The van der Waals surface area contributed by atoms with Gasteiger partial charge in [0.05, 0.1) is 22.3 Å². The summed E-state index contributed by atoms with van der Waals surface area (Å²) >= 11 is 1.28. The van der Waals surface area contributed by atoms with Crippen molar-refractivity contribution in [3.05, 3.63) is 64.4 Å². The molecule has 1 unspecified atom stereocenters. The number of hydrogen-bond acceptors (Lipinski definition) is 4. The van der Waals surface area contributed by atoms with Crippen LogP contribution in [-0.2, 0) is 4.79 Å². The van der Waals surface area contributed by atoms with E-state index in [0.29, 0.717) is 22.0 Å². The average Bonchev–Trinajstić information content (AvgIpc) is 2.71. The molecular formula is C23H27N3O2S. The Morgan fingerprint density at radius 2 is 1.79 bits per heavy atom. The summed E-state index contributed by atoms with van der Waals surface area (Å²) in [6.07, 6.45) is 1.06. The molecule has 0 saturated heterocycles. The number of rotatable bonds is 7. The highest BCUT2D eigenvalue weighted by molar-refractivity contribution is 7.99. The largest absolute Gasteiger partial charge is 0.353 e. The number of thioether (sulfide) groups is 1. The number of carbonyl (C=O) groups is 1. The van der Waals surface area contributed by atoms with E-state index in [1.165, 1.54) is 17.3 Å². The van der Waals surface area contributed by atoms with Gasteiger partial charge in [-0.1, -0.05) is 49.9 Å². The average molecular weight is 410 g/mol. The smallest absolute Gasteiger partial charge is 0.266 e. The molecule has 1 heterocycles. The van der Waals surface area contributed by atoms with Crippen molar-refractivity contribution >= 4 is 28.6 Å². The molecule has 0 saturated carbocycles. The van der Waals surface area contributed by atoms with Crippen molar-refractivity contribution in [2.45, 2.75) is 51.2 Å². The molecule has 1 atom stereocenters. The van der Waals surface area contributed by atoms with Crippen molar-refractivity contribution in [2.24, 2.45) is 0 Å². The number of benzene rings is 2. The minimum Gasteiger partial charge on any atom is -0.353 e. The van der Waals surface area contributed by atoms with E-state index in [1.54, 1.807) is 10.6 Å². The third-order valence-electron chi connectivity index (χ3n) is 4.86. The lowest BCUT2D eigenvalue weighted by Crippen LogP contribution is -2.32. The Hall–Kier alpha value is -2.60. The van der Waals surface area contributed by atoms with Gasteiger partial charge in [-0.25, -0.2) is 4.98 Å². The quantitative estimate of drug-likeness (QED) is 0.460. The molecule has 1 aromatic heterocycles. The van der Waals surface area contributed by atoms with E-state index in [1.807, 2.05) is 44.2 Å². The summed E-state index contributed by atoms with van der Waals surface area (Å²) in [7, 11) is 0. The molecule has 3 rings (SSSR count). The topological polar surface area (TPSA) is 64.0 Å². The van der Waals surface area contributed by atoms with Gasteiger partial charge in [0, 0.05) is 6.04 Å². The zero-order chi connectivity index (χ0) is 21.0. The predicted octanol–water partition coefficient (Wildman–Crippen LogP) is 4.52. The zero-order valence-corrected chi connectivity index (χ0v) is 18.1. The Balaban J connectivity index is 2.05. The first kappa shape index (κ1) is 21.1. The van der Waals surface area contributed by atoms with E-state index in [9.17, 15) is 9.59 Å². The van der Waals surface area contributed by atoms with E-state index in [-0.39, 0.29) is 23.3 Å². The molecule has 0 aliphatic carbocycles. The third kappa shape index (κ3) is 4.88. The van der Waals surface area contributed by atoms with Crippen molar-refractivity contribution < 1.29 is 4.79 Å². The maximum atomic E-state index is 13.3. The van der Waals surface area contributed by atoms with Crippen molar-refractivity contribution in [1.29, 1.82) is 0 Å². The Kier molecular flexibility index (Phi) is 6.75. The van der Waals surface area contributed by atoms with E-state index < -0.39 is 0 Å². The van der Waals surface area contributed by atoms with Gasteiger partial charge < -0.3 is 5.32 Å². The first-order chi connectivity index (χ1) is 13.9. The molecule has 0 fully saturated rings. The van der Waals surface area contributed by atoms with Crippen molar-refractivity contribution in [3.63, 3.8) is 0 Å². The molecule has 0 spiro atoms.